The van der Waals surface area contributed by atoms with Gasteiger partial charge in [0.2, 0.25) is 0 Å². The van der Waals surface area contributed by atoms with Gasteiger partial charge >= 0.3 is 0 Å². The van der Waals surface area contributed by atoms with Gasteiger partial charge in [0, 0.05) is 0 Å². The van der Waals surface area contributed by atoms with E-state index in [-0.39, 0.29) is 0 Å². The fourth-order valence-electron chi connectivity index (χ4n) is 3.10. The van der Waals surface area contributed by atoms with Crippen molar-refractivity contribution in [3.8, 4) is 0 Å². The summed E-state index contributed by atoms with van der Waals surface area (Å²) >= 11 is 0. The van der Waals surface area contributed by atoms with Crippen LogP contribution in [0, 0.1) is 5.92 Å². The van der Waals surface area contributed by atoms with E-state index in [2.05, 4.69) is 42.6 Å². The fourth-order valence-corrected chi connectivity index (χ4v) is 3.10. The highest BCUT2D eigenvalue weighted by Crippen LogP contribution is 2.35. The lowest BCUT2D eigenvalue weighted by Gasteiger charge is -2.22. The molecule has 1 aliphatic carbocycles. The second-order valence-electron chi connectivity index (χ2n) is 5.38. The van der Waals surface area contributed by atoms with Gasteiger partial charge in [-0.1, -0.05) is 31.2 Å². The Morgan fingerprint density at radius 3 is 2.47 bits per heavy atom. The number of hydrogen-bond donors (Lipinski definition) is 1. The van der Waals surface area contributed by atoms with Crippen molar-refractivity contribution in [3.63, 3.8) is 0 Å². The van der Waals surface area contributed by atoms with Crippen LogP contribution in [0.1, 0.15) is 36.3 Å². The van der Waals surface area contributed by atoms with Crippen LogP contribution in [-0.4, -0.2) is 6.54 Å². The van der Waals surface area contributed by atoms with E-state index in [9.17, 15) is 0 Å². The summed E-state index contributed by atoms with van der Waals surface area (Å²) in [7, 11) is 0. The van der Waals surface area contributed by atoms with Crippen LogP contribution in [0.3, 0.4) is 0 Å². The highest BCUT2D eigenvalue weighted by molar-refractivity contribution is 5.33. The molecule has 0 bridgehead atoms. The van der Waals surface area contributed by atoms with Crippen molar-refractivity contribution in [1.82, 2.24) is 5.32 Å². The molecule has 1 aromatic carbocycles. The van der Waals surface area contributed by atoms with Gasteiger partial charge in [-0.3, -0.25) is 0 Å². The Bertz CT molecular complexity index is 493. The molecule has 2 nitrogen and oxygen atoms in total. The van der Waals surface area contributed by atoms with Gasteiger partial charge in [0.1, 0.15) is 5.76 Å². The minimum absolute atomic E-state index is 0.336. The summed E-state index contributed by atoms with van der Waals surface area (Å²) in [6, 6.07) is 13.2. The lowest BCUT2D eigenvalue weighted by molar-refractivity contribution is 0.317. The van der Waals surface area contributed by atoms with Crippen LogP contribution in [0.5, 0.6) is 0 Å². The smallest absolute Gasteiger partial charge is 0.120 e. The lowest BCUT2D eigenvalue weighted by atomic mass is 9.94. The maximum atomic E-state index is 5.64. The zero-order valence-corrected chi connectivity index (χ0v) is 11.4. The van der Waals surface area contributed by atoms with Crippen LogP contribution in [0.2, 0.25) is 0 Å². The lowest BCUT2D eigenvalue weighted by Crippen LogP contribution is -2.29. The van der Waals surface area contributed by atoms with E-state index in [1.807, 2.05) is 6.07 Å². The Morgan fingerprint density at radius 2 is 1.89 bits per heavy atom. The predicted octanol–water partition coefficient (Wildman–Crippen LogP) is 3.74. The molecule has 0 aliphatic heterocycles. The molecule has 19 heavy (non-hydrogen) atoms. The van der Waals surface area contributed by atoms with Gasteiger partial charge in [-0.25, -0.2) is 0 Å². The molecule has 0 amide bonds. The second kappa shape index (κ2) is 5.62. The van der Waals surface area contributed by atoms with Gasteiger partial charge in [0.15, 0.2) is 0 Å². The standard InChI is InChI=1S/C17H21NO/c1-2-9-18-17(16-8-5-10-19-16)15-11-13-6-3-4-7-14(13)12-15/h3-8,10,15,17-18H,2,9,11-12H2,1H3. The van der Waals surface area contributed by atoms with Gasteiger partial charge in [-0.05, 0) is 55.0 Å². The summed E-state index contributed by atoms with van der Waals surface area (Å²) < 4.78 is 5.64. The molecule has 1 atom stereocenters. The molecular formula is C17H21NO. The van der Waals surface area contributed by atoms with Crippen LogP contribution < -0.4 is 5.32 Å². The summed E-state index contributed by atoms with van der Waals surface area (Å²) in [5, 5.41) is 3.65. The molecule has 1 aromatic heterocycles. The van der Waals surface area contributed by atoms with Crippen molar-refractivity contribution in [3.05, 3.63) is 59.5 Å². The molecule has 0 spiro atoms. The van der Waals surface area contributed by atoms with E-state index in [4.69, 9.17) is 4.42 Å². The third kappa shape index (κ3) is 2.59. The second-order valence-corrected chi connectivity index (χ2v) is 5.38. The molecule has 100 valence electrons. The molecule has 1 unspecified atom stereocenters. The number of furan rings is 1. The SMILES string of the molecule is CCCNC(c1ccco1)C1Cc2ccccc2C1. The molecule has 0 radical (unpaired) electrons. The molecule has 0 saturated heterocycles. The average molecular weight is 255 g/mol. The Kier molecular flexibility index (Phi) is 3.69. The van der Waals surface area contributed by atoms with Gasteiger partial charge in [-0.15, -0.1) is 0 Å². The van der Waals surface area contributed by atoms with E-state index < -0.39 is 0 Å². The van der Waals surface area contributed by atoms with Crippen molar-refractivity contribution in [1.29, 1.82) is 0 Å². The van der Waals surface area contributed by atoms with Crippen LogP contribution in [0.25, 0.3) is 0 Å². The van der Waals surface area contributed by atoms with Gasteiger partial charge in [0.05, 0.1) is 12.3 Å². The molecule has 1 heterocycles. The number of hydrogen-bond acceptors (Lipinski definition) is 2. The Labute approximate surface area is 114 Å². The summed E-state index contributed by atoms with van der Waals surface area (Å²) in [4.78, 5) is 0. The molecule has 2 heteroatoms. The quantitative estimate of drug-likeness (QED) is 0.880. The maximum Gasteiger partial charge on any atom is 0.120 e. The molecule has 1 aliphatic rings. The predicted molar refractivity (Wildman–Crippen MR) is 77.1 cm³/mol. The molecule has 0 fully saturated rings. The van der Waals surface area contributed by atoms with E-state index in [1.165, 1.54) is 11.1 Å². The zero-order valence-electron chi connectivity index (χ0n) is 11.4. The zero-order chi connectivity index (χ0) is 13.1. The normalized spacial score (nSPS) is 16.5. The minimum atomic E-state index is 0.336. The molecule has 1 N–H and O–H groups in total. The number of nitrogens with one attached hydrogen (secondary N) is 1. The molecule has 2 aromatic rings. The van der Waals surface area contributed by atoms with Crippen LogP contribution in [-0.2, 0) is 12.8 Å². The first-order chi connectivity index (χ1) is 9.38. The summed E-state index contributed by atoms with van der Waals surface area (Å²) in [6.45, 7) is 3.24. The van der Waals surface area contributed by atoms with Crippen molar-refractivity contribution in [2.45, 2.75) is 32.2 Å². The van der Waals surface area contributed by atoms with E-state index in [0.717, 1.165) is 31.6 Å². The van der Waals surface area contributed by atoms with Crippen molar-refractivity contribution in [2.75, 3.05) is 6.54 Å². The van der Waals surface area contributed by atoms with Crippen LogP contribution in [0.4, 0.5) is 0 Å². The van der Waals surface area contributed by atoms with Crippen LogP contribution in [0.15, 0.2) is 47.1 Å². The molecular weight excluding hydrogens is 234 g/mol. The topological polar surface area (TPSA) is 25.2 Å². The van der Waals surface area contributed by atoms with Crippen LogP contribution >= 0.6 is 0 Å². The first kappa shape index (κ1) is 12.5. The third-order valence-corrected chi connectivity index (χ3v) is 4.02. The fraction of sp³-hybridized carbons (Fsp3) is 0.412. The molecule has 0 saturated carbocycles. The van der Waals surface area contributed by atoms with Crippen molar-refractivity contribution >= 4 is 0 Å². The van der Waals surface area contributed by atoms with E-state index >= 15 is 0 Å². The Morgan fingerprint density at radius 1 is 1.16 bits per heavy atom. The van der Waals surface area contributed by atoms with Crippen molar-refractivity contribution < 1.29 is 4.42 Å². The maximum absolute atomic E-state index is 5.64. The monoisotopic (exact) mass is 255 g/mol. The van der Waals surface area contributed by atoms with E-state index in [1.54, 1.807) is 6.26 Å². The average Bonchev–Trinajstić information content (AvgIpc) is 3.08. The summed E-state index contributed by atoms with van der Waals surface area (Å²) in [5.74, 6) is 1.68. The number of fused-ring (bicyclic) bond motifs is 1. The number of rotatable bonds is 5. The minimum Gasteiger partial charge on any atom is -0.468 e. The summed E-state index contributed by atoms with van der Waals surface area (Å²) in [5.41, 5.74) is 3.00. The number of benzene rings is 1. The van der Waals surface area contributed by atoms with Gasteiger partial charge in [-0.2, -0.15) is 0 Å². The van der Waals surface area contributed by atoms with Gasteiger partial charge < -0.3 is 9.73 Å². The van der Waals surface area contributed by atoms with E-state index in [0.29, 0.717) is 12.0 Å². The summed E-state index contributed by atoms with van der Waals surface area (Å²) in [6.07, 6.45) is 5.23. The third-order valence-electron chi connectivity index (χ3n) is 4.02. The molecule has 3 rings (SSSR count). The first-order valence-corrected chi connectivity index (χ1v) is 7.22. The van der Waals surface area contributed by atoms with Crippen molar-refractivity contribution in [2.24, 2.45) is 5.92 Å². The Hall–Kier alpha value is -1.54. The largest absolute Gasteiger partial charge is 0.468 e. The highest BCUT2D eigenvalue weighted by Gasteiger charge is 2.30. The highest BCUT2D eigenvalue weighted by atomic mass is 16.3. The van der Waals surface area contributed by atoms with Gasteiger partial charge in [0.25, 0.3) is 0 Å². The first-order valence-electron chi connectivity index (χ1n) is 7.22. The Balaban J connectivity index is 1.79.